The van der Waals surface area contributed by atoms with E-state index >= 15 is 0 Å². The molecule has 0 aromatic heterocycles. The van der Waals surface area contributed by atoms with Crippen LogP contribution in [0.4, 0.5) is 4.79 Å². The Bertz CT molecular complexity index is 995. The highest BCUT2D eigenvalue weighted by atomic mass is 28.4. The fourth-order valence-electron chi connectivity index (χ4n) is 6.10. The number of amides is 2. The Morgan fingerprint density at radius 2 is 1.61 bits per heavy atom. The van der Waals surface area contributed by atoms with Crippen LogP contribution in [0.5, 0.6) is 0 Å². The van der Waals surface area contributed by atoms with Gasteiger partial charge in [0.15, 0.2) is 0 Å². The summed E-state index contributed by atoms with van der Waals surface area (Å²) in [6.45, 7) is 26.5. The van der Waals surface area contributed by atoms with Gasteiger partial charge in [0.2, 0.25) is 5.91 Å². The Labute approximate surface area is 233 Å². The first-order valence-corrected chi connectivity index (χ1v) is 20.4. The van der Waals surface area contributed by atoms with Crippen LogP contribution in [0.15, 0.2) is 42.0 Å². The highest BCUT2D eigenvalue weighted by Crippen LogP contribution is 2.58. The average molecular weight is 558 g/mol. The van der Waals surface area contributed by atoms with Gasteiger partial charge in [0.1, 0.15) is 6.61 Å². The zero-order chi connectivity index (χ0) is 28.5. The van der Waals surface area contributed by atoms with E-state index in [1.807, 2.05) is 18.2 Å². The Morgan fingerprint density at radius 1 is 1.03 bits per heavy atom. The van der Waals surface area contributed by atoms with Gasteiger partial charge >= 0.3 is 6.09 Å². The van der Waals surface area contributed by atoms with Crippen LogP contribution in [-0.2, 0) is 20.9 Å². The smallest absolute Gasteiger partial charge is 0.416 e. The molecule has 1 aromatic rings. The van der Waals surface area contributed by atoms with Crippen LogP contribution in [0, 0.1) is 11.8 Å². The number of nitrogens with zero attached hydrogens (tertiary/aromatic N) is 1. The number of ether oxygens (including phenoxy) is 2. The summed E-state index contributed by atoms with van der Waals surface area (Å²) in [5.74, 6) is -0.424. The van der Waals surface area contributed by atoms with Gasteiger partial charge in [0.05, 0.1) is 35.9 Å². The number of allylic oxidation sites excluding steroid dienone is 1. The average Bonchev–Trinajstić information content (AvgIpc) is 3.23. The summed E-state index contributed by atoms with van der Waals surface area (Å²) in [5.41, 5.74) is 2.67. The van der Waals surface area contributed by atoms with Crippen LogP contribution in [0.2, 0.25) is 41.4 Å². The molecule has 1 aromatic carbocycles. The molecule has 0 bridgehead atoms. The van der Waals surface area contributed by atoms with E-state index in [9.17, 15) is 9.59 Å². The number of hydrogen-bond acceptors (Lipinski definition) is 4. The second-order valence-electron chi connectivity index (χ2n) is 14.5. The van der Waals surface area contributed by atoms with Crippen molar-refractivity contribution in [3.05, 3.63) is 47.5 Å². The molecule has 2 aliphatic rings. The lowest BCUT2D eigenvalue weighted by Gasteiger charge is -2.55. The van der Waals surface area contributed by atoms with E-state index in [2.05, 4.69) is 85.9 Å². The minimum atomic E-state index is -1.78. The van der Waals surface area contributed by atoms with Crippen molar-refractivity contribution < 1.29 is 19.1 Å². The highest BCUT2D eigenvalue weighted by molar-refractivity contribution is 7.00. The molecule has 1 saturated heterocycles. The fourth-order valence-corrected chi connectivity index (χ4v) is 20.0. The summed E-state index contributed by atoms with van der Waals surface area (Å²) in [6.07, 6.45) is 3.59. The number of cyclic esters (lactones) is 1. The maximum atomic E-state index is 13.6. The molecule has 1 aliphatic heterocycles. The van der Waals surface area contributed by atoms with Crippen molar-refractivity contribution >= 4 is 28.1 Å². The predicted molar refractivity (Wildman–Crippen MR) is 162 cm³/mol. The molecule has 0 spiro atoms. The van der Waals surface area contributed by atoms with Crippen molar-refractivity contribution in [2.45, 2.75) is 102 Å². The summed E-state index contributed by atoms with van der Waals surface area (Å²) in [4.78, 5) is 27.2. The lowest BCUT2D eigenvalue weighted by atomic mass is 9.80. The predicted octanol–water partition coefficient (Wildman–Crippen LogP) is 8.06. The number of carbonyl (C=O) groups is 2. The molecule has 0 saturated carbocycles. The van der Waals surface area contributed by atoms with Gasteiger partial charge in [-0.3, -0.25) is 4.79 Å². The number of carbonyl (C=O) groups excluding carboxylic acids is 2. The van der Waals surface area contributed by atoms with Crippen LogP contribution in [0.3, 0.4) is 0 Å². The van der Waals surface area contributed by atoms with Gasteiger partial charge in [0, 0.05) is 11.8 Å². The highest BCUT2D eigenvalue weighted by Gasteiger charge is 2.55. The number of hydrogen-bond donors (Lipinski definition) is 0. The third-order valence-corrected chi connectivity index (χ3v) is 25.8. The van der Waals surface area contributed by atoms with E-state index in [0.717, 1.165) is 18.4 Å². The lowest BCUT2D eigenvalue weighted by Crippen LogP contribution is -2.57. The van der Waals surface area contributed by atoms with Gasteiger partial charge in [-0.05, 0) is 33.6 Å². The van der Waals surface area contributed by atoms with Crippen molar-refractivity contribution in [2.75, 3.05) is 19.8 Å². The van der Waals surface area contributed by atoms with Crippen LogP contribution >= 0.6 is 0 Å². The molecule has 3 rings (SSSR count). The Hall–Kier alpha value is -1.71. The van der Waals surface area contributed by atoms with Gasteiger partial charge in [-0.1, -0.05) is 110 Å². The Balaban J connectivity index is 2.00. The molecule has 38 heavy (non-hydrogen) atoms. The number of imide groups is 1. The fraction of sp³-hybridized carbons (Fsp3) is 0.677. The minimum absolute atomic E-state index is 0.0552. The number of benzene rings is 1. The SMILES string of the molecule is CC(C)(C)[Si](C)(C)C(C1=C[C@H](COCc2ccccc2)[C@@H](C(=O)N2CCOC2=O)CC1)[Si](C)(C)C(C)(C)C. The monoisotopic (exact) mass is 557 g/mol. The number of rotatable bonds is 8. The van der Waals surface area contributed by atoms with Crippen LogP contribution in [-0.4, -0.2) is 52.8 Å². The summed E-state index contributed by atoms with van der Waals surface area (Å²) in [7, 11) is -3.57. The van der Waals surface area contributed by atoms with E-state index in [1.54, 1.807) is 5.57 Å². The zero-order valence-electron chi connectivity index (χ0n) is 25.5. The topological polar surface area (TPSA) is 55.8 Å². The molecule has 0 N–H and O–H groups in total. The standard InChI is InChI=1S/C31H51NO4Si2/c1-30(2,3)37(7,8)28(38(9,10)31(4,5)6)24-16-17-26(27(33)32-18-19-36-29(32)34)25(20-24)22-35-21-23-14-12-11-13-15-23/h11-15,20,25-26,28H,16-19,21-22H2,1-10H3/t25-,26+/m1/s1. The largest absolute Gasteiger partial charge is 0.447 e. The first-order chi connectivity index (χ1) is 17.5. The second kappa shape index (κ2) is 11.4. The van der Waals surface area contributed by atoms with Crippen LogP contribution < -0.4 is 0 Å². The van der Waals surface area contributed by atoms with E-state index in [0.29, 0.717) is 24.9 Å². The van der Waals surface area contributed by atoms with Crippen molar-refractivity contribution in [1.82, 2.24) is 4.90 Å². The third-order valence-electron chi connectivity index (χ3n) is 10.1. The molecule has 1 heterocycles. The molecule has 2 amide bonds. The van der Waals surface area contributed by atoms with Gasteiger partial charge < -0.3 is 9.47 Å². The van der Waals surface area contributed by atoms with Gasteiger partial charge in [-0.15, -0.1) is 0 Å². The van der Waals surface area contributed by atoms with Crippen LogP contribution in [0.25, 0.3) is 0 Å². The van der Waals surface area contributed by atoms with Crippen molar-refractivity contribution in [1.29, 1.82) is 0 Å². The molecule has 5 nitrogen and oxygen atoms in total. The molecule has 1 fully saturated rings. The van der Waals surface area contributed by atoms with E-state index in [-0.39, 0.29) is 34.4 Å². The van der Waals surface area contributed by atoms with E-state index in [4.69, 9.17) is 9.47 Å². The van der Waals surface area contributed by atoms with Gasteiger partial charge in [0.25, 0.3) is 0 Å². The lowest BCUT2D eigenvalue weighted by molar-refractivity contribution is -0.134. The minimum Gasteiger partial charge on any atom is -0.447 e. The third kappa shape index (κ3) is 6.36. The zero-order valence-corrected chi connectivity index (χ0v) is 27.5. The molecular formula is C31H51NO4Si2. The maximum Gasteiger partial charge on any atom is 0.416 e. The molecule has 0 radical (unpaired) electrons. The quantitative estimate of drug-likeness (QED) is 0.240. The molecular weight excluding hydrogens is 507 g/mol. The van der Waals surface area contributed by atoms with Crippen molar-refractivity contribution in [3.8, 4) is 0 Å². The van der Waals surface area contributed by atoms with E-state index < -0.39 is 22.2 Å². The van der Waals surface area contributed by atoms with Crippen molar-refractivity contribution in [2.24, 2.45) is 11.8 Å². The summed E-state index contributed by atoms with van der Waals surface area (Å²) in [6, 6.07) is 10.2. The Morgan fingerprint density at radius 3 is 2.11 bits per heavy atom. The Kier molecular flexibility index (Phi) is 9.26. The maximum absolute atomic E-state index is 13.6. The molecule has 212 valence electrons. The first kappa shape index (κ1) is 30.8. The van der Waals surface area contributed by atoms with Crippen LogP contribution in [0.1, 0.15) is 59.9 Å². The summed E-state index contributed by atoms with van der Waals surface area (Å²) < 4.78 is 11.4. The molecule has 2 atom stereocenters. The van der Waals surface area contributed by atoms with Gasteiger partial charge in [-0.2, -0.15) is 0 Å². The second-order valence-corrected chi connectivity index (χ2v) is 26.2. The normalized spacial score (nSPS) is 21.5. The summed E-state index contributed by atoms with van der Waals surface area (Å²) >= 11 is 0. The summed E-state index contributed by atoms with van der Waals surface area (Å²) in [5, 5.41) is 1.08. The molecule has 0 unspecified atom stereocenters. The molecule has 7 heteroatoms. The van der Waals surface area contributed by atoms with Gasteiger partial charge in [-0.25, -0.2) is 9.69 Å². The van der Waals surface area contributed by atoms with Crippen molar-refractivity contribution in [3.63, 3.8) is 0 Å². The molecule has 1 aliphatic carbocycles. The van der Waals surface area contributed by atoms with E-state index in [1.165, 1.54) is 4.90 Å². The first-order valence-electron chi connectivity index (χ1n) is 14.3.